The molecule has 0 fully saturated rings. The highest BCUT2D eigenvalue weighted by atomic mass is 16.6. The molecule has 0 spiro atoms. The zero-order valence-electron chi connectivity index (χ0n) is 8.86. The Morgan fingerprint density at radius 2 is 2.33 bits per heavy atom. The van der Waals surface area contributed by atoms with E-state index in [0.717, 1.165) is 12.0 Å². The summed E-state index contributed by atoms with van der Waals surface area (Å²) in [5, 5.41) is 3.71. The van der Waals surface area contributed by atoms with Crippen LogP contribution in [0.25, 0.3) is 0 Å². The SMILES string of the molecule is C#CCCON=[C]c1cccc(CC)c1. The van der Waals surface area contributed by atoms with Crippen molar-refractivity contribution >= 4 is 6.21 Å². The van der Waals surface area contributed by atoms with Crippen molar-refractivity contribution in [2.24, 2.45) is 5.16 Å². The van der Waals surface area contributed by atoms with E-state index in [9.17, 15) is 0 Å². The van der Waals surface area contributed by atoms with Gasteiger partial charge in [-0.3, -0.25) is 0 Å². The summed E-state index contributed by atoms with van der Waals surface area (Å²) in [6.07, 6.45) is 9.46. The number of hydrogen-bond acceptors (Lipinski definition) is 2. The van der Waals surface area contributed by atoms with E-state index < -0.39 is 0 Å². The summed E-state index contributed by atoms with van der Waals surface area (Å²) >= 11 is 0. The maximum absolute atomic E-state index is 5.07. The third-order valence-electron chi connectivity index (χ3n) is 1.91. The van der Waals surface area contributed by atoms with Crippen LogP contribution < -0.4 is 0 Å². The molecule has 1 radical (unpaired) electrons. The quantitative estimate of drug-likeness (QED) is 0.310. The summed E-state index contributed by atoms with van der Waals surface area (Å²) < 4.78 is 0. The third kappa shape index (κ3) is 4.33. The van der Waals surface area contributed by atoms with Crippen LogP contribution in [-0.2, 0) is 11.3 Å². The Labute approximate surface area is 90.9 Å². The standard InChI is InChI=1S/C13H14NO/c1-3-5-9-15-14-11-13-8-6-7-12(4-2)10-13/h1,6-8,10H,4-5,9H2,2H3. The highest BCUT2D eigenvalue weighted by Crippen LogP contribution is 2.03. The number of benzene rings is 1. The van der Waals surface area contributed by atoms with Crippen molar-refractivity contribution in [3.63, 3.8) is 0 Å². The van der Waals surface area contributed by atoms with Gasteiger partial charge < -0.3 is 4.84 Å². The van der Waals surface area contributed by atoms with Crippen LogP contribution >= 0.6 is 0 Å². The summed E-state index contributed by atoms with van der Waals surface area (Å²) in [4.78, 5) is 4.92. The Morgan fingerprint density at radius 1 is 1.47 bits per heavy atom. The van der Waals surface area contributed by atoms with Crippen LogP contribution in [0.2, 0.25) is 0 Å². The van der Waals surface area contributed by atoms with Gasteiger partial charge in [0.1, 0.15) is 12.8 Å². The number of nitrogens with zero attached hydrogens (tertiary/aromatic N) is 1. The normalized spacial score (nSPS) is 10.1. The lowest BCUT2D eigenvalue weighted by Gasteiger charge is -1.97. The van der Waals surface area contributed by atoms with Crippen molar-refractivity contribution in [1.82, 2.24) is 0 Å². The van der Waals surface area contributed by atoms with Crippen LogP contribution in [0, 0.1) is 12.3 Å². The first kappa shape index (κ1) is 11.3. The van der Waals surface area contributed by atoms with E-state index in [2.05, 4.69) is 30.3 Å². The maximum Gasteiger partial charge on any atom is 0.139 e. The van der Waals surface area contributed by atoms with Gasteiger partial charge in [-0.05, 0) is 18.1 Å². The van der Waals surface area contributed by atoms with Gasteiger partial charge in [-0.15, -0.1) is 12.3 Å². The van der Waals surface area contributed by atoms with Gasteiger partial charge in [0.15, 0.2) is 0 Å². The van der Waals surface area contributed by atoms with E-state index in [1.807, 2.05) is 18.2 Å². The molecule has 1 rings (SSSR count). The van der Waals surface area contributed by atoms with Crippen molar-refractivity contribution in [2.75, 3.05) is 6.61 Å². The second-order valence-electron chi connectivity index (χ2n) is 3.04. The molecule has 2 nitrogen and oxygen atoms in total. The molecule has 0 saturated carbocycles. The average Bonchev–Trinajstić information content (AvgIpc) is 2.29. The van der Waals surface area contributed by atoms with Crippen LogP contribution in [0.5, 0.6) is 0 Å². The minimum atomic E-state index is 0.441. The topological polar surface area (TPSA) is 21.6 Å². The molecule has 1 aromatic carbocycles. The Morgan fingerprint density at radius 3 is 3.07 bits per heavy atom. The van der Waals surface area contributed by atoms with E-state index in [4.69, 9.17) is 11.3 Å². The molecule has 1 aromatic rings. The Hall–Kier alpha value is -1.75. The molecule has 0 aliphatic rings. The molecule has 0 bridgehead atoms. The molecule has 0 aliphatic heterocycles. The smallest absolute Gasteiger partial charge is 0.139 e. The van der Waals surface area contributed by atoms with E-state index in [1.165, 1.54) is 5.56 Å². The first-order chi connectivity index (χ1) is 7.36. The lowest BCUT2D eigenvalue weighted by molar-refractivity contribution is 0.152. The van der Waals surface area contributed by atoms with Crippen molar-refractivity contribution < 1.29 is 4.84 Å². The van der Waals surface area contributed by atoms with Crippen molar-refractivity contribution in [3.05, 3.63) is 35.4 Å². The molecule has 0 unspecified atom stereocenters. The van der Waals surface area contributed by atoms with Gasteiger partial charge in [-0.2, -0.15) is 0 Å². The van der Waals surface area contributed by atoms with Gasteiger partial charge in [0.2, 0.25) is 0 Å². The van der Waals surface area contributed by atoms with Gasteiger partial charge >= 0.3 is 0 Å². The second kappa shape index (κ2) is 6.67. The zero-order chi connectivity index (χ0) is 10.9. The van der Waals surface area contributed by atoms with Crippen LogP contribution in [0.4, 0.5) is 0 Å². The molecule has 0 atom stereocenters. The zero-order valence-corrected chi connectivity index (χ0v) is 8.86. The van der Waals surface area contributed by atoms with Gasteiger partial charge in [-0.1, -0.05) is 30.3 Å². The minimum Gasteiger partial charge on any atom is -0.394 e. The first-order valence-corrected chi connectivity index (χ1v) is 4.97. The van der Waals surface area contributed by atoms with Gasteiger partial charge in [0.05, 0.1) is 0 Å². The lowest BCUT2D eigenvalue weighted by atomic mass is 10.1. The highest BCUT2D eigenvalue weighted by molar-refractivity contribution is 5.79. The lowest BCUT2D eigenvalue weighted by Crippen LogP contribution is -1.88. The van der Waals surface area contributed by atoms with Crippen LogP contribution in [0.3, 0.4) is 0 Å². The van der Waals surface area contributed by atoms with Crippen molar-refractivity contribution in [1.29, 1.82) is 0 Å². The fraction of sp³-hybridized carbons (Fsp3) is 0.308. The monoisotopic (exact) mass is 200 g/mol. The number of terminal acetylenes is 1. The Bertz CT molecular complexity index is 363. The molecule has 0 amide bonds. The fourth-order valence-electron chi connectivity index (χ4n) is 1.10. The number of rotatable bonds is 5. The molecule has 0 saturated heterocycles. The Balaban J connectivity index is 2.46. The van der Waals surface area contributed by atoms with E-state index in [1.54, 1.807) is 0 Å². The molecular weight excluding hydrogens is 186 g/mol. The molecule has 0 N–H and O–H groups in total. The summed E-state index contributed by atoms with van der Waals surface area (Å²) in [5.74, 6) is 2.47. The van der Waals surface area contributed by atoms with Crippen LogP contribution in [0.15, 0.2) is 29.4 Å². The van der Waals surface area contributed by atoms with Gasteiger partial charge in [0.25, 0.3) is 0 Å². The number of aryl methyl sites for hydroxylation is 1. The van der Waals surface area contributed by atoms with E-state index in [-0.39, 0.29) is 0 Å². The average molecular weight is 200 g/mol. The van der Waals surface area contributed by atoms with Crippen molar-refractivity contribution in [3.8, 4) is 12.3 Å². The predicted molar refractivity (Wildman–Crippen MR) is 61.8 cm³/mol. The maximum atomic E-state index is 5.07. The van der Waals surface area contributed by atoms with Crippen molar-refractivity contribution in [2.45, 2.75) is 19.8 Å². The second-order valence-corrected chi connectivity index (χ2v) is 3.04. The first-order valence-electron chi connectivity index (χ1n) is 4.97. The summed E-state index contributed by atoms with van der Waals surface area (Å²) in [5.41, 5.74) is 2.19. The molecule has 2 heteroatoms. The summed E-state index contributed by atoms with van der Waals surface area (Å²) in [6, 6.07) is 8.03. The molecule has 0 aliphatic carbocycles. The highest BCUT2D eigenvalue weighted by Gasteiger charge is 1.91. The molecule has 15 heavy (non-hydrogen) atoms. The van der Waals surface area contributed by atoms with E-state index >= 15 is 0 Å². The Kier molecular flexibility index (Phi) is 5.03. The number of hydrogen-bond donors (Lipinski definition) is 0. The van der Waals surface area contributed by atoms with Gasteiger partial charge in [0, 0.05) is 12.0 Å². The molecule has 77 valence electrons. The molecule has 0 heterocycles. The molecular formula is C13H14NO. The summed E-state index contributed by atoms with van der Waals surface area (Å²) in [7, 11) is 0. The largest absolute Gasteiger partial charge is 0.394 e. The third-order valence-corrected chi connectivity index (χ3v) is 1.91. The predicted octanol–water partition coefficient (Wildman–Crippen LogP) is 2.50. The minimum absolute atomic E-state index is 0.441. The fourth-order valence-corrected chi connectivity index (χ4v) is 1.10. The molecule has 0 aromatic heterocycles. The summed E-state index contributed by atoms with van der Waals surface area (Å²) in [6.45, 7) is 2.55. The van der Waals surface area contributed by atoms with Gasteiger partial charge in [-0.25, -0.2) is 0 Å². The van der Waals surface area contributed by atoms with Crippen LogP contribution in [0.1, 0.15) is 24.5 Å². The van der Waals surface area contributed by atoms with E-state index in [0.29, 0.717) is 13.0 Å². The van der Waals surface area contributed by atoms with Crippen LogP contribution in [-0.4, -0.2) is 12.8 Å².